The van der Waals surface area contributed by atoms with Gasteiger partial charge in [0.05, 0.1) is 16.2 Å². The molecule has 0 spiro atoms. The molecule has 3 aromatic rings. The molecule has 4 rings (SSSR count). The molecule has 1 N–H and O–H groups in total. The Labute approximate surface area is 215 Å². The van der Waals surface area contributed by atoms with Gasteiger partial charge in [-0.15, -0.1) is 0 Å². The number of halogens is 1. The van der Waals surface area contributed by atoms with Crippen molar-refractivity contribution in [1.29, 1.82) is 0 Å². The monoisotopic (exact) mass is 556 g/mol. The Morgan fingerprint density at radius 3 is 2.57 bits per heavy atom. The van der Waals surface area contributed by atoms with Gasteiger partial charge in [-0.25, -0.2) is 23.1 Å². The molecule has 1 heterocycles. The minimum absolute atomic E-state index is 0.00996. The molecule has 1 aromatic heterocycles. The van der Waals surface area contributed by atoms with E-state index in [9.17, 15) is 13.2 Å². The van der Waals surface area contributed by atoms with Crippen molar-refractivity contribution in [1.82, 2.24) is 14.7 Å². The van der Waals surface area contributed by atoms with E-state index < -0.39 is 15.9 Å². The van der Waals surface area contributed by atoms with E-state index in [4.69, 9.17) is 4.98 Å². The number of hydrogen-bond donors (Lipinski definition) is 1. The van der Waals surface area contributed by atoms with Gasteiger partial charge >= 0.3 is 0 Å². The molecule has 7 nitrogen and oxygen atoms in total. The highest BCUT2D eigenvalue weighted by Gasteiger charge is 2.25. The molecule has 35 heavy (non-hydrogen) atoms. The van der Waals surface area contributed by atoms with Crippen molar-refractivity contribution in [2.24, 2.45) is 5.92 Å². The molecule has 0 aliphatic heterocycles. The Morgan fingerprint density at radius 2 is 1.86 bits per heavy atom. The third-order valence-electron chi connectivity index (χ3n) is 6.31. The third kappa shape index (κ3) is 6.67. The first-order valence-corrected chi connectivity index (χ1v) is 14.0. The van der Waals surface area contributed by atoms with Crippen LogP contribution in [0.15, 0.2) is 70.2 Å². The minimum atomic E-state index is -4.04. The number of hydrogen-bond acceptors (Lipinski definition) is 6. The first-order valence-electron chi connectivity index (χ1n) is 11.8. The summed E-state index contributed by atoms with van der Waals surface area (Å²) in [5, 5.41) is 0. The number of anilines is 1. The van der Waals surface area contributed by atoms with Crippen LogP contribution in [0.4, 0.5) is 5.95 Å². The van der Waals surface area contributed by atoms with Crippen LogP contribution in [0.2, 0.25) is 0 Å². The molecule has 0 atom stereocenters. The number of benzene rings is 2. The fourth-order valence-corrected chi connectivity index (χ4v) is 5.90. The molecule has 2 aromatic carbocycles. The molecule has 0 radical (unpaired) electrons. The van der Waals surface area contributed by atoms with Gasteiger partial charge in [0.15, 0.2) is 0 Å². The summed E-state index contributed by atoms with van der Waals surface area (Å²) in [6.45, 7) is 0.718. The topological polar surface area (TPSA) is 92.3 Å². The maximum atomic E-state index is 13.1. The van der Waals surface area contributed by atoms with E-state index >= 15 is 0 Å². The lowest BCUT2D eigenvalue weighted by molar-refractivity contribution is 0.0979. The second kappa shape index (κ2) is 11.3. The summed E-state index contributed by atoms with van der Waals surface area (Å²) in [6.07, 6.45) is 7.42. The maximum Gasteiger partial charge on any atom is 0.268 e. The quantitative estimate of drug-likeness (QED) is 0.408. The fourth-order valence-electron chi connectivity index (χ4n) is 4.34. The van der Waals surface area contributed by atoms with Crippen molar-refractivity contribution in [3.8, 4) is 0 Å². The van der Waals surface area contributed by atoms with E-state index in [0.29, 0.717) is 28.5 Å². The standard InChI is InChI=1S/C26H29BrN4O3S/c1-31(15-14-19-8-3-2-4-9-19)26-28-18-23(24(29-26)16-20-10-5-6-11-20)25(32)30-35(33,34)22-13-7-12-21(27)17-22/h2-4,7-9,12-13,17-18,20H,5-6,10-11,14-16H2,1H3,(H,30,32). The molecule has 1 aliphatic carbocycles. The zero-order valence-corrected chi connectivity index (χ0v) is 22.1. The van der Waals surface area contributed by atoms with Gasteiger partial charge in [0.2, 0.25) is 5.95 Å². The maximum absolute atomic E-state index is 13.1. The molecule has 184 valence electrons. The van der Waals surface area contributed by atoms with Gasteiger partial charge in [0.1, 0.15) is 0 Å². The van der Waals surface area contributed by atoms with Gasteiger partial charge in [0, 0.05) is 24.3 Å². The SMILES string of the molecule is CN(CCc1ccccc1)c1ncc(C(=O)NS(=O)(=O)c2cccc(Br)c2)c(CC2CCCC2)n1. The van der Waals surface area contributed by atoms with Crippen molar-refractivity contribution in [2.45, 2.75) is 43.4 Å². The van der Waals surface area contributed by atoms with Gasteiger partial charge < -0.3 is 4.90 Å². The van der Waals surface area contributed by atoms with Gasteiger partial charge in [-0.1, -0.05) is 78.0 Å². The lowest BCUT2D eigenvalue weighted by Gasteiger charge is -2.20. The zero-order chi connectivity index (χ0) is 24.8. The number of likely N-dealkylation sites (N-methyl/N-ethyl adjacent to an activating group) is 1. The number of nitrogens with one attached hydrogen (secondary N) is 1. The summed E-state index contributed by atoms with van der Waals surface area (Å²) in [5.74, 6) is 0.248. The number of amides is 1. The van der Waals surface area contributed by atoms with E-state index in [2.05, 4.69) is 37.8 Å². The first-order chi connectivity index (χ1) is 16.8. The molecular formula is C26H29BrN4O3S. The summed E-state index contributed by atoms with van der Waals surface area (Å²) >= 11 is 3.27. The fraction of sp³-hybridized carbons (Fsp3) is 0.346. The summed E-state index contributed by atoms with van der Waals surface area (Å²) in [5.41, 5.74) is 2.02. The van der Waals surface area contributed by atoms with Crippen molar-refractivity contribution in [2.75, 3.05) is 18.5 Å². The average molecular weight is 558 g/mol. The van der Waals surface area contributed by atoms with Crippen LogP contribution >= 0.6 is 15.9 Å². The number of carbonyl (C=O) groups excluding carboxylic acids is 1. The normalized spacial score (nSPS) is 14.1. The molecular weight excluding hydrogens is 528 g/mol. The van der Waals surface area contributed by atoms with Crippen LogP contribution in [-0.2, 0) is 22.9 Å². The minimum Gasteiger partial charge on any atom is -0.344 e. The van der Waals surface area contributed by atoms with Gasteiger partial charge in [-0.3, -0.25) is 4.79 Å². The second-order valence-corrected chi connectivity index (χ2v) is 11.5. The Hall–Kier alpha value is -2.78. The van der Waals surface area contributed by atoms with Crippen molar-refractivity contribution >= 4 is 37.8 Å². The van der Waals surface area contributed by atoms with E-state index in [1.165, 1.54) is 36.7 Å². The number of nitrogens with zero attached hydrogens (tertiary/aromatic N) is 3. The zero-order valence-electron chi connectivity index (χ0n) is 19.7. The van der Waals surface area contributed by atoms with E-state index in [0.717, 1.165) is 25.8 Å². The molecule has 1 aliphatic rings. The predicted octanol–water partition coefficient (Wildman–Crippen LogP) is 4.77. The molecule has 1 fully saturated rings. The Kier molecular flexibility index (Phi) is 8.18. The molecule has 0 saturated heterocycles. The number of sulfonamides is 1. The van der Waals surface area contributed by atoms with E-state index in [1.807, 2.05) is 30.1 Å². The summed E-state index contributed by atoms with van der Waals surface area (Å²) in [7, 11) is -2.11. The van der Waals surface area contributed by atoms with Crippen molar-refractivity contribution < 1.29 is 13.2 Å². The average Bonchev–Trinajstić information content (AvgIpc) is 3.36. The highest BCUT2D eigenvalue weighted by molar-refractivity contribution is 9.10. The van der Waals surface area contributed by atoms with E-state index in [1.54, 1.807) is 12.1 Å². The van der Waals surface area contributed by atoms with E-state index in [-0.39, 0.29) is 10.5 Å². The van der Waals surface area contributed by atoms with Gasteiger partial charge in [-0.05, 0) is 42.5 Å². The predicted molar refractivity (Wildman–Crippen MR) is 140 cm³/mol. The second-order valence-electron chi connectivity index (χ2n) is 8.93. The highest BCUT2D eigenvalue weighted by atomic mass is 79.9. The highest BCUT2D eigenvalue weighted by Crippen LogP contribution is 2.29. The van der Waals surface area contributed by atoms with Gasteiger partial charge in [-0.2, -0.15) is 0 Å². The Morgan fingerprint density at radius 1 is 1.11 bits per heavy atom. The summed E-state index contributed by atoms with van der Waals surface area (Å²) in [4.78, 5) is 24.2. The number of carbonyl (C=O) groups is 1. The van der Waals surface area contributed by atoms with Crippen LogP contribution in [0.3, 0.4) is 0 Å². The Balaban J connectivity index is 1.56. The van der Waals surface area contributed by atoms with Crippen molar-refractivity contribution in [3.05, 3.63) is 82.1 Å². The number of rotatable bonds is 9. The van der Waals surface area contributed by atoms with Crippen LogP contribution in [0.1, 0.15) is 47.3 Å². The van der Waals surface area contributed by atoms with Crippen LogP contribution in [0, 0.1) is 5.92 Å². The lowest BCUT2D eigenvalue weighted by atomic mass is 9.99. The molecule has 1 amide bonds. The number of aromatic nitrogens is 2. The third-order valence-corrected chi connectivity index (χ3v) is 8.13. The summed E-state index contributed by atoms with van der Waals surface area (Å²) < 4.78 is 28.4. The van der Waals surface area contributed by atoms with Crippen LogP contribution in [-0.4, -0.2) is 37.9 Å². The molecule has 0 bridgehead atoms. The van der Waals surface area contributed by atoms with Crippen molar-refractivity contribution in [3.63, 3.8) is 0 Å². The molecule has 9 heteroatoms. The molecule has 0 unspecified atom stereocenters. The largest absolute Gasteiger partial charge is 0.344 e. The summed E-state index contributed by atoms with van der Waals surface area (Å²) in [6, 6.07) is 16.4. The van der Waals surface area contributed by atoms with Crippen LogP contribution < -0.4 is 9.62 Å². The van der Waals surface area contributed by atoms with Crippen LogP contribution in [0.25, 0.3) is 0 Å². The smallest absolute Gasteiger partial charge is 0.268 e. The molecule has 1 saturated carbocycles. The Bertz CT molecular complexity index is 1280. The van der Waals surface area contributed by atoms with Crippen LogP contribution in [0.5, 0.6) is 0 Å². The van der Waals surface area contributed by atoms with Gasteiger partial charge in [0.25, 0.3) is 15.9 Å². The lowest BCUT2D eigenvalue weighted by Crippen LogP contribution is -2.32. The first kappa shape index (κ1) is 25.3.